The van der Waals surface area contributed by atoms with E-state index in [1.165, 1.54) is 35.0 Å². The first kappa shape index (κ1) is 20.5. The van der Waals surface area contributed by atoms with Crippen molar-refractivity contribution in [3.8, 4) is 23.3 Å². The minimum atomic E-state index is -0.751. The minimum absolute atomic E-state index is 0.0238. The number of hydrogen-bond donors (Lipinski definition) is 1. The smallest absolute Gasteiger partial charge is 0.328 e. The molecule has 9 heteroatoms. The van der Waals surface area contributed by atoms with Crippen molar-refractivity contribution in [3.05, 3.63) is 93.3 Å². The fraction of sp³-hybridized carbons (Fsp3) is 0.0952. The SMILES string of the molecule is C=C(C#N)c1cc(F)cc(Oc2c(F)cccc2OCCn2ccc(=O)[nH]c2=O)c1. The van der Waals surface area contributed by atoms with E-state index in [2.05, 4.69) is 11.6 Å². The van der Waals surface area contributed by atoms with E-state index in [1.807, 2.05) is 6.07 Å². The summed E-state index contributed by atoms with van der Waals surface area (Å²) in [5.41, 5.74) is -0.905. The van der Waals surface area contributed by atoms with Gasteiger partial charge < -0.3 is 9.47 Å². The van der Waals surface area contributed by atoms with Gasteiger partial charge in [0, 0.05) is 18.3 Å². The Balaban J connectivity index is 1.81. The first-order valence-electron chi connectivity index (χ1n) is 8.66. The molecule has 3 aromatic rings. The van der Waals surface area contributed by atoms with Gasteiger partial charge in [0.05, 0.1) is 18.2 Å². The molecule has 0 aliphatic heterocycles. The number of ether oxygens (including phenoxy) is 2. The number of hydrogen-bond acceptors (Lipinski definition) is 5. The second-order valence-electron chi connectivity index (χ2n) is 6.09. The largest absolute Gasteiger partial charge is 0.488 e. The van der Waals surface area contributed by atoms with Gasteiger partial charge in [0.25, 0.3) is 5.56 Å². The van der Waals surface area contributed by atoms with E-state index >= 15 is 0 Å². The summed E-state index contributed by atoms with van der Waals surface area (Å²) in [4.78, 5) is 24.9. The average Bonchev–Trinajstić information content (AvgIpc) is 2.71. The maximum atomic E-state index is 14.4. The summed E-state index contributed by atoms with van der Waals surface area (Å²) in [5.74, 6) is -1.75. The van der Waals surface area contributed by atoms with E-state index < -0.39 is 22.9 Å². The Morgan fingerprint density at radius 1 is 1.20 bits per heavy atom. The Morgan fingerprint density at radius 2 is 2.00 bits per heavy atom. The van der Waals surface area contributed by atoms with Crippen LogP contribution in [0.5, 0.6) is 17.2 Å². The lowest BCUT2D eigenvalue weighted by Crippen LogP contribution is -2.30. The molecule has 1 N–H and O–H groups in total. The second kappa shape index (κ2) is 8.87. The fourth-order valence-corrected chi connectivity index (χ4v) is 2.55. The van der Waals surface area contributed by atoms with Gasteiger partial charge in [0.2, 0.25) is 5.75 Å². The normalized spacial score (nSPS) is 10.3. The lowest BCUT2D eigenvalue weighted by atomic mass is 10.1. The van der Waals surface area contributed by atoms with Crippen LogP contribution in [0.3, 0.4) is 0 Å². The molecule has 0 aliphatic rings. The maximum Gasteiger partial charge on any atom is 0.328 e. The van der Waals surface area contributed by atoms with E-state index in [9.17, 15) is 18.4 Å². The van der Waals surface area contributed by atoms with E-state index in [0.717, 1.165) is 18.2 Å². The van der Waals surface area contributed by atoms with E-state index in [0.29, 0.717) is 0 Å². The van der Waals surface area contributed by atoms with Crippen LogP contribution in [0.1, 0.15) is 5.56 Å². The molecule has 30 heavy (non-hydrogen) atoms. The number of rotatable bonds is 7. The molecule has 0 saturated carbocycles. The summed E-state index contributed by atoms with van der Waals surface area (Å²) in [7, 11) is 0. The fourth-order valence-electron chi connectivity index (χ4n) is 2.55. The number of nitrogens with one attached hydrogen (secondary N) is 1. The number of halogens is 2. The molecule has 0 amide bonds. The standard InChI is InChI=1S/C21H15F2N3O4/c1-13(12-24)14-9-15(22)11-16(10-14)30-20-17(23)3-2-4-18(20)29-8-7-26-6-5-19(27)25-21(26)28/h2-6,9-11H,1,7-8H2,(H,25,27,28). The zero-order valence-electron chi connectivity index (χ0n) is 15.5. The predicted octanol–water partition coefficient (Wildman–Crippen LogP) is 3.22. The maximum absolute atomic E-state index is 14.4. The molecule has 0 atom stereocenters. The van der Waals surface area contributed by atoms with Crippen molar-refractivity contribution < 1.29 is 18.3 Å². The summed E-state index contributed by atoms with van der Waals surface area (Å²) in [5, 5.41) is 8.94. The molecule has 0 bridgehead atoms. The van der Waals surface area contributed by atoms with Crippen LogP contribution in [0.4, 0.5) is 8.78 Å². The molecule has 1 aromatic heterocycles. The minimum Gasteiger partial charge on any atom is -0.488 e. The molecule has 0 aliphatic carbocycles. The topological polar surface area (TPSA) is 97.1 Å². The third-order valence-electron chi connectivity index (χ3n) is 3.99. The number of aromatic nitrogens is 2. The lowest BCUT2D eigenvalue weighted by Gasteiger charge is -2.14. The molecule has 0 spiro atoms. The summed E-state index contributed by atoms with van der Waals surface area (Å²) in [6, 6.07) is 10.5. The molecular formula is C21H15F2N3O4. The highest BCUT2D eigenvalue weighted by atomic mass is 19.1. The molecule has 0 fully saturated rings. The Hall–Kier alpha value is -4.19. The van der Waals surface area contributed by atoms with Gasteiger partial charge in [-0.25, -0.2) is 13.6 Å². The molecule has 1 heterocycles. The highest BCUT2D eigenvalue weighted by Gasteiger charge is 2.14. The number of benzene rings is 2. The van der Waals surface area contributed by atoms with Crippen molar-refractivity contribution in [2.24, 2.45) is 0 Å². The zero-order valence-corrected chi connectivity index (χ0v) is 15.5. The molecule has 0 radical (unpaired) electrons. The summed E-state index contributed by atoms with van der Waals surface area (Å²) >= 11 is 0. The van der Waals surface area contributed by atoms with Crippen LogP contribution in [-0.4, -0.2) is 16.2 Å². The van der Waals surface area contributed by atoms with Gasteiger partial charge in [-0.2, -0.15) is 5.26 Å². The average molecular weight is 411 g/mol. The van der Waals surface area contributed by atoms with Gasteiger partial charge in [-0.1, -0.05) is 12.6 Å². The highest BCUT2D eigenvalue weighted by molar-refractivity contribution is 5.75. The molecule has 2 aromatic carbocycles. The third-order valence-corrected chi connectivity index (χ3v) is 3.99. The van der Waals surface area contributed by atoms with Crippen LogP contribution in [-0.2, 0) is 6.54 Å². The van der Waals surface area contributed by atoms with Gasteiger partial charge >= 0.3 is 5.69 Å². The summed E-state index contributed by atoms with van der Waals surface area (Å²) < 4.78 is 40.5. The quantitative estimate of drug-likeness (QED) is 0.602. The first-order chi connectivity index (χ1) is 14.4. The molecule has 152 valence electrons. The Morgan fingerprint density at radius 3 is 2.73 bits per heavy atom. The summed E-state index contributed by atoms with van der Waals surface area (Å²) in [6.07, 6.45) is 1.31. The van der Waals surface area contributed by atoms with Crippen molar-refractivity contribution in [2.45, 2.75) is 6.54 Å². The van der Waals surface area contributed by atoms with Crippen LogP contribution in [0.25, 0.3) is 5.57 Å². The summed E-state index contributed by atoms with van der Waals surface area (Å²) in [6.45, 7) is 3.56. The van der Waals surface area contributed by atoms with Gasteiger partial charge in [-0.15, -0.1) is 0 Å². The van der Waals surface area contributed by atoms with Crippen LogP contribution in [0, 0.1) is 23.0 Å². The van der Waals surface area contributed by atoms with E-state index in [-0.39, 0.29) is 41.5 Å². The monoisotopic (exact) mass is 411 g/mol. The Bertz CT molecular complexity index is 1260. The lowest BCUT2D eigenvalue weighted by molar-refractivity contribution is 0.279. The Kier molecular flexibility index (Phi) is 6.08. The molecule has 7 nitrogen and oxygen atoms in total. The van der Waals surface area contributed by atoms with E-state index in [1.54, 1.807) is 0 Å². The molecular weight excluding hydrogens is 396 g/mol. The Labute approximate surface area is 169 Å². The van der Waals surface area contributed by atoms with Crippen LogP contribution in [0.15, 0.2) is 64.8 Å². The van der Waals surface area contributed by atoms with Gasteiger partial charge in [-0.05, 0) is 29.8 Å². The number of aromatic amines is 1. The predicted molar refractivity (Wildman–Crippen MR) is 104 cm³/mol. The number of allylic oxidation sites excluding steroid dienone is 1. The molecule has 3 rings (SSSR count). The van der Waals surface area contributed by atoms with Crippen molar-refractivity contribution in [1.29, 1.82) is 5.26 Å². The first-order valence-corrected chi connectivity index (χ1v) is 8.66. The number of para-hydroxylation sites is 1. The number of H-pyrrole nitrogens is 1. The second-order valence-corrected chi connectivity index (χ2v) is 6.09. The van der Waals surface area contributed by atoms with Crippen molar-refractivity contribution in [2.75, 3.05) is 6.61 Å². The van der Waals surface area contributed by atoms with Gasteiger partial charge in [0.15, 0.2) is 11.6 Å². The zero-order chi connectivity index (χ0) is 21.7. The molecule has 0 saturated heterocycles. The van der Waals surface area contributed by atoms with Crippen LogP contribution >= 0.6 is 0 Å². The third kappa shape index (κ3) is 4.80. The highest BCUT2D eigenvalue weighted by Crippen LogP contribution is 2.35. The van der Waals surface area contributed by atoms with Gasteiger partial charge in [-0.3, -0.25) is 14.3 Å². The number of nitriles is 1. The van der Waals surface area contributed by atoms with E-state index in [4.69, 9.17) is 14.7 Å². The van der Waals surface area contributed by atoms with Crippen molar-refractivity contribution >= 4 is 5.57 Å². The van der Waals surface area contributed by atoms with Crippen LogP contribution < -0.4 is 20.7 Å². The van der Waals surface area contributed by atoms with Crippen molar-refractivity contribution in [3.63, 3.8) is 0 Å². The molecule has 0 unspecified atom stereocenters. The van der Waals surface area contributed by atoms with Gasteiger partial charge in [0.1, 0.15) is 18.2 Å². The van der Waals surface area contributed by atoms with Crippen molar-refractivity contribution in [1.82, 2.24) is 9.55 Å². The van der Waals surface area contributed by atoms with Crippen LogP contribution in [0.2, 0.25) is 0 Å². The number of nitrogens with zero attached hydrogens (tertiary/aromatic N) is 2.